The zero-order valence-corrected chi connectivity index (χ0v) is 18.9. The first-order valence-corrected chi connectivity index (χ1v) is 12.2. The Morgan fingerprint density at radius 1 is 1.03 bits per heavy atom. The molecule has 5 heteroatoms. The van der Waals surface area contributed by atoms with Gasteiger partial charge >= 0.3 is 0 Å². The first-order chi connectivity index (χ1) is 14.2. The Bertz CT molecular complexity index is 730. The molecule has 0 N–H and O–H groups in total. The number of hydrogen-bond donors (Lipinski definition) is 0. The third kappa shape index (κ3) is 5.66. The monoisotopic (exact) mass is 412 g/mol. The van der Waals surface area contributed by atoms with Crippen LogP contribution in [0, 0.1) is 5.92 Å². The Kier molecular flexibility index (Phi) is 7.35. The van der Waals surface area contributed by atoms with Crippen molar-refractivity contribution in [2.24, 2.45) is 5.92 Å². The fourth-order valence-electron chi connectivity index (χ4n) is 4.85. The van der Waals surface area contributed by atoms with Crippen LogP contribution in [0.1, 0.15) is 37.6 Å². The summed E-state index contributed by atoms with van der Waals surface area (Å²) in [6, 6.07) is 11.4. The van der Waals surface area contributed by atoms with Gasteiger partial charge in [0.1, 0.15) is 5.01 Å². The second-order valence-corrected chi connectivity index (χ2v) is 9.78. The van der Waals surface area contributed by atoms with Gasteiger partial charge in [-0.25, -0.2) is 4.98 Å². The van der Waals surface area contributed by atoms with Crippen LogP contribution in [0.2, 0.25) is 0 Å². The van der Waals surface area contributed by atoms with E-state index in [0.717, 1.165) is 30.7 Å². The average Bonchev–Trinajstić information content (AvgIpc) is 3.24. The standard InChI is InChI=1S/C24H36N4S/c1-3-27(18-24-25-23(19-29-24)21-7-5-4-6-8-21)17-20-9-15-28(16-10-20)22-11-13-26(2)14-12-22/h4-8,19-20,22H,3,9-18H2,1-2H3. The van der Waals surface area contributed by atoms with E-state index in [4.69, 9.17) is 4.98 Å². The molecule has 2 aromatic rings. The topological polar surface area (TPSA) is 22.6 Å². The van der Waals surface area contributed by atoms with Gasteiger partial charge in [-0.15, -0.1) is 11.3 Å². The van der Waals surface area contributed by atoms with Crippen molar-refractivity contribution in [3.63, 3.8) is 0 Å². The molecule has 0 radical (unpaired) electrons. The summed E-state index contributed by atoms with van der Waals surface area (Å²) in [5.41, 5.74) is 2.34. The molecule has 0 unspecified atom stereocenters. The van der Waals surface area contributed by atoms with Gasteiger partial charge in [0, 0.05) is 23.5 Å². The molecule has 4 nitrogen and oxygen atoms in total. The maximum Gasteiger partial charge on any atom is 0.107 e. The fraction of sp³-hybridized carbons (Fsp3) is 0.625. The molecule has 2 aliphatic rings. The van der Waals surface area contributed by atoms with Crippen LogP contribution >= 0.6 is 11.3 Å². The summed E-state index contributed by atoms with van der Waals surface area (Å²) in [4.78, 5) is 12.8. The lowest BCUT2D eigenvalue weighted by Crippen LogP contribution is -2.47. The molecule has 0 spiro atoms. The molecular weight excluding hydrogens is 376 g/mol. The highest BCUT2D eigenvalue weighted by Gasteiger charge is 2.28. The van der Waals surface area contributed by atoms with Crippen molar-refractivity contribution in [2.45, 2.75) is 45.2 Å². The minimum atomic E-state index is 0.834. The van der Waals surface area contributed by atoms with Crippen LogP contribution in [0.5, 0.6) is 0 Å². The number of benzene rings is 1. The minimum Gasteiger partial charge on any atom is -0.306 e. The molecule has 0 amide bonds. The van der Waals surface area contributed by atoms with E-state index in [2.05, 4.69) is 64.4 Å². The maximum absolute atomic E-state index is 4.91. The predicted octanol–water partition coefficient (Wildman–Crippen LogP) is 4.44. The zero-order valence-electron chi connectivity index (χ0n) is 18.1. The van der Waals surface area contributed by atoms with Crippen LogP contribution < -0.4 is 0 Å². The van der Waals surface area contributed by atoms with Crippen molar-refractivity contribution in [1.82, 2.24) is 19.7 Å². The molecule has 3 heterocycles. The van der Waals surface area contributed by atoms with E-state index in [0.29, 0.717) is 0 Å². The Hall–Kier alpha value is -1.27. The molecule has 0 aliphatic carbocycles. The molecule has 0 atom stereocenters. The Labute approximate surface area is 180 Å². The summed E-state index contributed by atoms with van der Waals surface area (Å²) in [6.45, 7) is 10.7. The molecule has 1 aromatic heterocycles. The zero-order chi connectivity index (χ0) is 20.1. The highest BCUT2D eigenvalue weighted by Crippen LogP contribution is 2.26. The first kappa shape index (κ1) is 21.0. The SMILES string of the molecule is CCN(Cc1nc(-c2ccccc2)cs1)CC1CCN(C2CCN(C)CC2)CC1. The van der Waals surface area contributed by atoms with Gasteiger partial charge < -0.3 is 9.80 Å². The molecule has 0 bridgehead atoms. The second kappa shape index (κ2) is 10.2. The molecule has 29 heavy (non-hydrogen) atoms. The van der Waals surface area contributed by atoms with Gasteiger partial charge in [0.2, 0.25) is 0 Å². The quantitative estimate of drug-likeness (QED) is 0.671. The Morgan fingerprint density at radius 3 is 2.45 bits per heavy atom. The number of thiazole rings is 1. The predicted molar refractivity (Wildman–Crippen MR) is 123 cm³/mol. The minimum absolute atomic E-state index is 0.834. The first-order valence-electron chi connectivity index (χ1n) is 11.4. The van der Waals surface area contributed by atoms with E-state index in [1.54, 1.807) is 11.3 Å². The van der Waals surface area contributed by atoms with Gasteiger partial charge in [0.25, 0.3) is 0 Å². The number of hydrogen-bond acceptors (Lipinski definition) is 5. The Morgan fingerprint density at radius 2 is 1.76 bits per heavy atom. The van der Waals surface area contributed by atoms with Crippen LogP contribution in [0.15, 0.2) is 35.7 Å². The van der Waals surface area contributed by atoms with Gasteiger partial charge in [-0.2, -0.15) is 0 Å². The summed E-state index contributed by atoms with van der Waals surface area (Å²) in [5, 5.41) is 3.45. The van der Waals surface area contributed by atoms with E-state index in [9.17, 15) is 0 Å². The lowest BCUT2D eigenvalue weighted by molar-refractivity contribution is 0.0746. The normalized spacial score (nSPS) is 20.5. The van der Waals surface area contributed by atoms with Crippen molar-refractivity contribution in [3.8, 4) is 11.3 Å². The highest BCUT2D eigenvalue weighted by atomic mass is 32.1. The highest BCUT2D eigenvalue weighted by molar-refractivity contribution is 7.09. The van der Waals surface area contributed by atoms with E-state index in [1.807, 2.05) is 0 Å². The number of piperidine rings is 2. The van der Waals surface area contributed by atoms with Gasteiger partial charge in [-0.3, -0.25) is 4.90 Å². The van der Waals surface area contributed by atoms with E-state index in [-0.39, 0.29) is 0 Å². The van der Waals surface area contributed by atoms with Crippen LogP contribution in [0.4, 0.5) is 0 Å². The van der Waals surface area contributed by atoms with Crippen LogP contribution in [0.25, 0.3) is 11.3 Å². The van der Waals surface area contributed by atoms with Gasteiger partial charge in [0.15, 0.2) is 0 Å². The number of rotatable bonds is 7. The van der Waals surface area contributed by atoms with Crippen LogP contribution in [0.3, 0.4) is 0 Å². The summed E-state index contributed by atoms with van der Waals surface area (Å²) < 4.78 is 0. The van der Waals surface area contributed by atoms with Gasteiger partial charge in [-0.1, -0.05) is 37.3 Å². The maximum atomic E-state index is 4.91. The van der Waals surface area contributed by atoms with Gasteiger partial charge in [-0.05, 0) is 71.4 Å². The number of nitrogens with zero attached hydrogens (tertiary/aromatic N) is 4. The summed E-state index contributed by atoms with van der Waals surface area (Å²) in [6.07, 6.45) is 5.43. The van der Waals surface area contributed by atoms with Crippen molar-refractivity contribution in [1.29, 1.82) is 0 Å². The van der Waals surface area contributed by atoms with Crippen LogP contribution in [-0.2, 0) is 6.54 Å². The number of likely N-dealkylation sites (tertiary alicyclic amines) is 2. The summed E-state index contributed by atoms with van der Waals surface area (Å²) in [7, 11) is 2.26. The molecule has 2 fully saturated rings. The molecule has 2 saturated heterocycles. The van der Waals surface area contributed by atoms with Crippen molar-refractivity contribution in [3.05, 3.63) is 40.7 Å². The van der Waals surface area contributed by atoms with E-state index in [1.165, 1.54) is 69.0 Å². The molecule has 4 rings (SSSR count). The van der Waals surface area contributed by atoms with Crippen molar-refractivity contribution < 1.29 is 0 Å². The van der Waals surface area contributed by atoms with Crippen molar-refractivity contribution in [2.75, 3.05) is 46.3 Å². The van der Waals surface area contributed by atoms with Gasteiger partial charge in [0.05, 0.1) is 12.2 Å². The second-order valence-electron chi connectivity index (χ2n) is 8.83. The lowest BCUT2D eigenvalue weighted by atomic mass is 9.93. The average molecular weight is 413 g/mol. The fourth-order valence-corrected chi connectivity index (χ4v) is 5.69. The van der Waals surface area contributed by atoms with Crippen molar-refractivity contribution >= 4 is 11.3 Å². The van der Waals surface area contributed by atoms with E-state index < -0.39 is 0 Å². The third-order valence-corrected chi connectivity index (χ3v) is 7.63. The molecular formula is C24H36N4S. The lowest BCUT2D eigenvalue weighted by Gasteiger charge is -2.41. The molecule has 158 valence electrons. The largest absolute Gasteiger partial charge is 0.306 e. The van der Waals surface area contributed by atoms with E-state index >= 15 is 0 Å². The molecule has 2 aliphatic heterocycles. The third-order valence-electron chi connectivity index (χ3n) is 6.80. The summed E-state index contributed by atoms with van der Waals surface area (Å²) in [5.74, 6) is 0.839. The summed E-state index contributed by atoms with van der Waals surface area (Å²) >= 11 is 1.80. The molecule has 0 saturated carbocycles. The smallest absolute Gasteiger partial charge is 0.107 e. The Balaban J connectivity index is 1.25. The number of aromatic nitrogens is 1. The van der Waals surface area contributed by atoms with Crippen LogP contribution in [-0.4, -0.2) is 72.0 Å². The molecule has 1 aromatic carbocycles.